The number of likely N-dealkylation sites (N-methyl/N-ethyl adjacent to an activating group) is 2. The number of thiophene rings is 1. The molecule has 2 N–H and O–H groups in total. The molecular formula is C15H23N3S. The van der Waals surface area contributed by atoms with Crippen LogP contribution in [0.25, 0.3) is 0 Å². The average molecular weight is 277 g/mol. The van der Waals surface area contributed by atoms with Gasteiger partial charge in [-0.15, -0.1) is 11.3 Å². The molecule has 1 atom stereocenters. The number of nitrogens with zero attached hydrogens (tertiary/aromatic N) is 2. The number of piperidine rings is 1. The first-order valence-corrected chi connectivity index (χ1v) is 7.72. The summed E-state index contributed by atoms with van der Waals surface area (Å²) in [4.78, 5) is 6.29. The first-order chi connectivity index (χ1) is 9.19. The van der Waals surface area contributed by atoms with Gasteiger partial charge in [0.05, 0.1) is 6.54 Å². The van der Waals surface area contributed by atoms with Gasteiger partial charge in [0.15, 0.2) is 0 Å². The fourth-order valence-corrected chi connectivity index (χ4v) is 3.43. The van der Waals surface area contributed by atoms with Crippen LogP contribution < -0.4 is 5.73 Å². The van der Waals surface area contributed by atoms with Crippen molar-refractivity contribution in [1.82, 2.24) is 9.80 Å². The lowest BCUT2D eigenvalue weighted by Gasteiger charge is -2.35. The molecule has 0 aliphatic carbocycles. The number of rotatable bonds is 3. The second-order valence-corrected chi connectivity index (χ2v) is 6.28. The summed E-state index contributed by atoms with van der Waals surface area (Å²) in [5.41, 5.74) is 6.49. The Kier molecular flexibility index (Phi) is 5.41. The largest absolute Gasteiger partial charge is 0.320 e. The maximum atomic E-state index is 5.39. The molecule has 0 radical (unpaired) electrons. The standard InChI is InChI=1S/C15H23N3S/c1-17-8-4-6-14(10-17)18(2)11-15-9-13(12-19-15)5-3-7-16/h9,12,14H,4,6-8,10-11,16H2,1-2H3. The first-order valence-electron chi connectivity index (χ1n) is 6.84. The predicted octanol–water partition coefficient (Wildman–Crippen LogP) is 1.58. The van der Waals surface area contributed by atoms with E-state index in [1.807, 2.05) is 0 Å². The van der Waals surface area contributed by atoms with E-state index in [2.05, 4.69) is 47.2 Å². The highest BCUT2D eigenvalue weighted by atomic mass is 32.1. The molecule has 0 spiro atoms. The summed E-state index contributed by atoms with van der Waals surface area (Å²) in [5, 5.41) is 2.12. The topological polar surface area (TPSA) is 32.5 Å². The van der Waals surface area contributed by atoms with Gasteiger partial charge >= 0.3 is 0 Å². The molecule has 1 fully saturated rings. The molecule has 0 bridgehead atoms. The Hall–Kier alpha value is -0.860. The average Bonchev–Trinajstić information content (AvgIpc) is 2.84. The molecule has 19 heavy (non-hydrogen) atoms. The highest BCUT2D eigenvalue weighted by Crippen LogP contribution is 2.20. The third-order valence-electron chi connectivity index (χ3n) is 3.62. The zero-order valence-electron chi connectivity index (χ0n) is 11.9. The lowest BCUT2D eigenvalue weighted by Crippen LogP contribution is -2.44. The molecule has 0 aromatic carbocycles. The Morgan fingerprint density at radius 2 is 2.42 bits per heavy atom. The van der Waals surface area contributed by atoms with Gasteiger partial charge in [-0.05, 0) is 39.5 Å². The molecule has 0 saturated carbocycles. The summed E-state index contributed by atoms with van der Waals surface area (Å²) in [7, 11) is 4.44. The van der Waals surface area contributed by atoms with Crippen molar-refractivity contribution in [2.45, 2.75) is 25.4 Å². The summed E-state index contributed by atoms with van der Waals surface area (Å²) >= 11 is 1.79. The minimum Gasteiger partial charge on any atom is -0.320 e. The van der Waals surface area contributed by atoms with Crippen molar-refractivity contribution in [3.63, 3.8) is 0 Å². The summed E-state index contributed by atoms with van der Waals surface area (Å²) < 4.78 is 0. The second-order valence-electron chi connectivity index (χ2n) is 5.28. The van der Waals surface area contributed by atoms with E-state index in [4.69, 9.17) is 5.73 Å². The van der Waals surface area contributed by atoms with Gasteiger partial charge in [-0.25, -0.2) is 0 Å². The monoisotopic (exact) mass is 277 g/mol. The molecule has 1 aliphatic rings. The molecule has 1 aliphatic heterocycles. The fourth-order valence-electron chi connectivity index (χ4n) is 2.56. The van der Waals surface area contributed by atoms with Crippen molar-refractivity contribution in [3.05, 3.63) is 21.9 Å². The third-order valence-corrected chi connectivity index (χ3v) is 4.54. The van der Waals surface area contributed by atoms with Gasteiger partial charge in [-0.1, -0.05) is 11.8 Å². The number of likely N-dealkylation sites (tertiary alicyclic amines) is 1. The van der Waals surface area contributed by atoms with Crippen molar-refractivity contribution >= 4 is 11.3 Å². The van der Waals surface area contributed by atoms with Crippen molar-refractivity contribution in [1.29, 1.82) is 0 Å². The summed E-state index contributed by atoms with van der Waals surface area (Å²) in [6, 6.07) is 2.87. The summed E-state index contributed by atoms with van der Waals surface area (Å²) in [6.45, 7) is 3.87. The zero-order valence-corrected chi connectivity index (χ0v) is 12.7. The SMILES string of the molecule is CN1CCCC(N(C)Cc2cc(C#CCN)cs2)C1. The molecule has 1 aromatic heterocycles. The van der Waals surface area contributed by atoms with E-state index >= 15 is 0 Å². The van der Waals surface area contributed by atoms with Crippen LogP contribution in [0.2, 0.25) is 0 Å². The van der Waals surface area contributed by atoms with Crippen LogP contribution in [0.1, 0.15) is 23.3 Å². The van der Waals surface area contributed by atoms with E-state index in [0.717, 1.165) is 12.1 Å². The van der Waals surface area contributed by atoms with Gasteiger partial charge in [0.2, 0.25) is 0 Å². The van der Waals surface area contributed by atoms with Crippen LogP contribution in [0.5, 0.6) is 0 Å². The molecule has 2 heterocycles. The molecular weight excluding hydrogens is 254 g/mol. The van der Waals surface area contributed by atoms with E-state index < -0.39 is 0 Å². The van der Waals surface area contributed by atoms with Crippen molar-refractivity contribution in [2.75, 3.05) is 33.7 Å². The fraction of sp³-hybridized carbons (Fsp3) is 0.600. The highest BCUT2D eigenvalue weighted by molar-refractivity contribution is 7.10. The summed E-state index contributed by atoms with van der Waals surface area (Å²) in [6.07, 6.45) is 2.62. The molecule has 104 valence electrons. The quantitative estimate of drug-likeness (QED) is 0.852. The maximum absolute atomic E-state index is 5.39. The molecule has 1 saturated heterocycles. The van der Waals surface area contributed by atoms with Crippen LogP contribution in [-0.4, -0.2) is 49.6 Å². The Morgan fingerprint density at radius 3 is 3.16 bits per heavy atom. The second kappa shape index (κ2) is 7.06. The lowest BCUT2D eigenvalue weighted by molar-refractivity contribution is 0.130. The Balaban J connectivity index is 1.91. The lowest BCUT2D eigenvalue weighted by atomic mass is 10.1. The number of hydrogen-bond donors (Lipinski definition) is 1. The normalized spacial score (nSPS) is 20.3. The van der Waals surface area contributed by atoms with Gasteiger partial charge < -0.3 is 10.6 Å². The zero-order chi connectivity index (χ0) is 13.7. The van der Waals surface area contributed by atoms with Crippen molar-refractivity contribution in [2.24, 2.45) is 5.73 Å². The minimum atomic E-state index is 0.430. The van der Waals surface area contributed by atoms with Crippen LogP contribution in [0, 0.1) is 11.8 Å². The van der Waals surface area contributed by atoms with Gasteiger partial charge in [0.1, 0.15) is 0 Å². The van der Waals surface area contributed by atoms with Crippen LogP contribution in [0.15, 0.2) is 11.4 Å². The first kappa shape index (κ1) is 14.5. The molecule has 1 unspecified atom stereocenters. The van der Waals surface area contributed by atoms with Gasteiger partial charge in [-0.3, -0.25) is 4.90 Å². The Bertz CT molecular complexity index is 457. The molecule has 2 rings (SSSR count). The molecule has 3 nitrogen and oxygen atoms in total. The van der Waals surface area contributed by atoms with Gasteiger partial charge in [-0.2, -0.15) is 0 Å². The van der Waals surface area contributed by atoms with Gasteiger partial charge in [0.25, 0.3) is 0 Å². The molecule has 1 aromatic rings. The Morgan fingerprint density at radius 1 is 1.58 bits per heavy atom. The van der Waals surface area contributed by atoms with Crippen LogP contribution in [-0.2, 0) is 6.54 Å². The molecule has 0 amide bonds. The van der Waals surface area contributed by atoms with E-state index in [0.29, 0.717) is 12.6 Å². The summed E-state index contributed by atoms with van der Waals surface area (Å²) in [5.74, 6) is 6.00. The third kappa shape index (κ3) is 4.32. The molecule has 4 heteroatoms. The van der Waals surface area contributed by atoms with Crippen molar-refractivity contribution in [3.8, 4) is 11.8 Å². The number of hydrogen-bond acceptors (Lipinski definition) is 4. The maximum Gasteiger partial charge on any atom is 0.0555 e. The van der Waals surface area contributed by atoms with Crippen LogP contribution in [0.4, 0.5) is 0 Å². The van der Waals surface area contributed by atoms with Crippen LogP contribution >= 0.6 is 11.3 Å². The van der Waals surface area contributed by atoms with E-state index in [-0.39, 0.29) is 0 Å². The van der Waals surface area contributed by atoms with Crippen molar-refractivity contribution < 1.29 is 0 Å². The van der Waals surface area contributed by atoms with Crippen LogP contribution in [0.3, 0.4) is 0 Å². The minimum absolute atomic E-state index is 0.430. The van der Waals surface area contributed by atoms with Gasteiger partial charge in [0, 0.05) is 35.0 Å². The van der Waals surface area contributed by atoms with E-state index in [1.165, 1.54) is 30.8 Å². The predicted molar refractivity (Wildman–Crippen MR) is 82.2 cm³/mol. The highest BCUT2D eigenvalue weighted by Gasteiger charge is 2.21. The Labute approximate surface area is 120 Å². The van der Waals surface area contributed by atoms with E-state index in [9.17, 15) is 0 Å². The number of nitrogens with two attached hydrogens (primary N) is 1. The smallest absolute Gasteiger partial charge is 0.0555 e. The van der Waals surface area contributed by atoms with E-state index in [1.54, 1.807) is 11.3 Å².